The molecule has 0 saturated carbocycles. The van der Waals surface area contributed by atoms with Crippen molar-refractivity contribution < 1.29 is 23.5 Å². The minimum Gasteiger partial charge on any atom is -0.483 e. The maximum Gasteiger partial charge on any atom is 0.338 e. The highest BCUT2D eigenvalue weighted by atomic mass is 16.5. The van der Waals surface area contributed by atoms with Crippen molar-refractivity contribution in [3.05, 3.63) is 76.5 Å². The fourth-order valence-electron chi connectivity index (χ4n) is 3.05. The van der Waals surface area contributed by atoms with Gasteiger partial charge in [0.15, 0.2) is 6.61 Å². The second-order valence-corrected chi connectivity index (χ2v) is 7.24. The molecular weight excluding hydrogens is 408 g/mol. The number of esters is 1. The fraction of sp³-hybridized carbons (Fsp3) is 0.240. The smallest absolute Gasteiger partial charge is 0.338 e. The lowest BCUT2D eigenvalue weighted by molar-refractivity contribution is -0.123. The van der Waals surface area contributed by atoms with E-state index in [1.54, 1.807) is 43.3 Å². The monoisotopic (exact) mass is 434 g/mol. The summed E-state index contributed by atoms with van der Waals surface area (Å²) in [5, 5.41) is 3.92. The first-order chi connectivity index (χ1) is 15.4. The molecule has 0 aliphatic carbocycles. The van der Waals surface area contributed by atoms with Crippen LogP contribution < -0.4 is 10.2 Å². The first-order valence-electron chi connectivity index (χ1n) is 10.3. The highest BCUT2D eigenvalue weighted by Gasteiger charge is 2.10. The SMILES string of the molecule is CCOC(=O)c1ccc(-c2ccc(/C=N\NC(=O)COc3c(C)ccc(C)c3C)o2)cc1. The number of rotatable bonds is 8. The van der Waals surface area contributed by atoms with Crippen molar-refractivity contribution in [1.82, 2.24) is 5.43 Å². The van der Waals surface area contributed by atoms with Gasteiger partial charge in [0.25, 0.3) is 5.91 Å². The van der Waals surface area contributed by atoms with Crippen molar-refractivity contribution in [2.45, 2.75) is 27.7 Å². The van der Waals surface area contributed by atoms with Crippen molar-refractivity contribution in [1.29, 1.82) is 0 Å². The fourth-order valence-corrected chi connectivity index (χ4v) is 3.05. The van der Waals surface area contributed by atoms with E-state index in [-0.39, 0.29) is 18.5 Å². The van der Waals surface area contributed by atoms with E-state index < -0.39 is 0 Å². The zero-order chi connectivity index (χ0) is 23.1. The van der Waals surface area contributed by atoms with Gasteiger partial charge in [-0.05, 0) is 68.7 Å². The summed E-state index contributed by atoms with van der Waals surface area (Å²) in [4.78, 5) is 23.8. The van der Waals surface area contributed by atoms with Gasteiger partial charge >= 0.3 is 5.97 Å². The highest BCUT2D eigenvalue weighted by molar-refractivity contribution is 5.90. The molecular formula is C25H26N2O5. The Labute approximate surface area is 187 Å². The Morgan fingerprint density at radius 3 is 2.44 bits per heavy atom. The van der Waals surface area contributed by atoms with Crippen LogP contribution in [0.15, 0.2) is 58.0 Å². The number of aryl methyl sites for hydroxylation is 2. The minimum absolute atomic E-state index is 0.140. The topological polar surface area (TPSA) is 90.1 Å². The number of amides is 1. The molecule has 0 unspecified atom stereocenters. The van der Waals surface area contributed by atoms with Gasteiger partial charge in [0.1, 0.15) is 17.3 Å². The number of hydrogen-bond donors (Lipinski definition) is 1. The normalized spacial score (nSPS) is 10.9. The van der Waals surface area contributed by atoms with Gasteiger partial charge in [-0.1, -0.05) is 24.3 Å². The Balaban J connectivity index is 1.54. The number of hydrogen-bond acceptors (Lipinski definition) is 6. The van der Waals surface area contributed by atoms with Crippen LogP contribution in [0.3, 0.4) is 0 Å². The van der Waals surface area contributed by atoms with E-state index in [1.807, 2.05) is 32.9 Å². The third-order valence-corrected chi connectivity index (χ3v) is 4.91. The number of furan rings is 1. The van der Waals surface area contributed by atoms with Crippen molar-refractivity contribution in [3.8, 4) is 17.1 Å². The first-order valence-corrected chi connectivity index (χ1v) is 10.3. The molecule has 166 valence electrons. The molecule has 1 amide bonds. The van der Waals surface area contributed by atoms with Gasteiger partial charge in [-0.15, -0.1) is 0 Å². The lowest BCUT2D eigenvalue weighted by Gasteiger charge is -2.13. The molecule has 0 fully saturated rings. The molecule has 1 aromatic heterocycles. The molecule has 0 spiro atoms. The van der Waals surface area contributed by atoms with Crippen LogP contribution in [-0.2, 0) is 9.53 Å². The average Bonchev–Trinajstić information content (AvgIpc) is 3.25. The van der Waals surface area contributed by atoms with Gasteiger partial charge in [0.05, 0.1) is 18.4 Å². The molecule has 0 aliphatic rings. The van der Waals surface area contributed by atoms with E-state index in [4.69, 9.17) is 13.9 Å². The van der Waals surface area contributed by atoms with E-state index in [0.717, 1.165) is 22.3 Å². The van der Waals surface area contributed by atoms with E-state index in [9.17, 15) is 9.59 Å². The van der Waals surface area contributed by atoms with Crippen LogP contribution in [0.4, 0.5) is 0 Å². The van der Waals surface area contributed by atoms with E-state index >= 15 is 0 Å². The summed E-state index contributed by atoms with van der Waals surface area (Å²) >= 11 is 0. The third kappa shape index (κ3) is 5.63. The van der Waals surface area contributed by atoms with E-state index in [0.29, 0.717) is 29.4 Å². The molecule has 0 radical (unpaired) electrons. The number of hydrazone groups is 1. The Morgan fingerprint density at radius 1 is 1.00 bits per heavy atom. The number of nitrogens with one attached hydrogen (secondary N) is 1. The second kappa shape index (κ2) is 10.4. The van der Waals surface area contributed by atoms with Gasteiger partial charge < -0.3 is 13.9 Å². The molecule has 7 heteroatoms. The lowest BCUT2D eigenvalue weighted by atomic mass is 10.1. The summed E-state index contributed by atoms with van der Waals surface area (Å²) in [7, 11) is 0. The summed E-state index contributed by atoms with van der Waals surface area (Å²) in [5.41, 5.74) is 6.80. The molecule has 0 atom stereocenters. The van der Waals surface area contributed by atoms with Crippen LogP contribution in [0.25, 0.3) is 11.3 Å². The van der Waals surface area contributed by atoms with E-state index in [1.165, 1.54) is 6.21 Å². The van der Waals surface area contributed by atoms with Crippen LogP contribution in [0.2, 0.25) is 0 Å². The Morgan fingerprint density at radius 2 is 1.72 bits per heavy atom. The van der Waals surface area contributed by atoms with Crippen LogP contribution in [0, 0.1) is 20.8 Å². The van der Waals surface area contributed by atoms with Crippen LogP contribution in [0.5, 0.6) is 5.75 Å². The number of carbonyl (C=O) groups is 2. The van der Waals surface area contributed by atoms with Crippen molar-refractivity contribution >= 4 is 18.1 Å². The molecule has 1 N–H and O–H groups in total. The average molecular weight is 434 g/mol. The quantitative estimate of drug-likeness (QED) is 0.318. The first kappa shape index (κ1) is 22.8. The highest BCUT2D eigenvalue weighted by Crippen LogP contribution is 2.25. The molecule has 0 bridgehead atoms. The minimum atomic E-state index is -0.372. The Hall–Kier alpha value is -3.87. The van der Waals surface area contributed by atoms with Crippen LogP contribution in [0.1, 0.15) is 39.7 Å². The molecule has 0 saturated heterocycles. The predicted octanol–water partition coefficient (Wildman–Crippen LogP) is 4.58. The molecule has 32 heavy (non-hydrogen) atoms. The molecule has 0 aliphatic heterocycles. The van der Waals surface area contributed by atoms with Gasteiger partial charge in [-0.2, -0.15) is 5.10 Å². The van der Waals surface area contributed by atoms with Crippen molar-refractivity contribution in [2.24, 2.45) is 5.10 Å². The number of carbonyl (C=O) groups excluding carboxylic acids is 2. The van der Waals surface area contributed by atoms with Gasteiger partial charge in [0, 0.05) is 5.56 Å². The van der Waals surface area contributed by atoms with Crippen LogP contribution >= 0.6 is 0 Å². The Bertz CT molecular complexity index is 1130. The summed E-state index contributed by atoms with van der Waals surface area (Å²) in [5.74, 6) is 1.07. The second-order valence-electron chi connectivity index (χ2n) is 7.24. The lowest BCUT2D eigenvalue weighted by Crippen LogP contribution is -2.25. The van der Waals surface area contributed by atoms with Gasteiger partial charge in [-0.25, -0.2) is 10.2 Å². The summed E-state index contributed by atoms with van der Waals surface area (Å²) in [6.07, 6.45) is 1.41. The standard InChI is InChI=1S/C25H26N2O5/c1-5-30-25(29)20-10-8-19(9-11-20)22-13-12-21(32-22)14-26-27-23(28)15-31-24-17(3)7-6-16(2)18(24)4/h6-14H,5,15H2,1-4H3,(H,27,28)/b26-14-. The van der Waals surface area contributed by atoms with Gasteiger partial charge in [0.2, 0.25) is 0 Å². The molecule has 2 aromatic carbocycles. The number of nitrogens with zero attached hydrogens (tertiary/aromatic N) is 1. The molecule has 7 nitrogen and oxygen atoms in total. The van der Waals surface area contributed by atoms with Crippen LogP contribution in [-0.4, -0.2) is 31.3 Å². The molecule has 3 rings (SSSR count). The zero-order valence-electron chi connectivity index (χ0n) is 18.6. The van der Waals surface area contributed by atoms with Crippen molar-refractivity contribution in [2.75, 3.05) is 13.2 Å². The largest absolute Gasteiger partial charge is 0.483 e. The maximum absolute atomic E-state index is 12.1. The van der Waals surface area contributed by atoms with E-state index in [2.05, 4.69) is 10.5 Å². The Kier molecular flexibility index (Phi) is 7.44. The summed E-state index contributed by atoms with van der Waals surface area (Å²) < 4.78 is 16.4. The zero-order valence-corrected chi connectivity index (χ0v) is 18.6. The summed E-state index contributed by atoms with van der Waals surface area (Å²) in [6, 6.07) is 14.4. The molecule has 3 aromatic rings. The van der Waals surface area contributed by atoms with Gasteiger partial charge in [-0.3, -0.25) is 4.79 Å². The maximum atomic E-state index is 12.1. The molecule has 1 heterocycles. The number of ether oxygens (including phenoxy) is 2. The van der Waals surface area contributed by atoms with Crippen molar-refractivity contribution in [3.63, 3.8) is 0 Å². The summed E-state index contributed by atoms with van der Waals surface area (Å²) in [6.45, 7) is 7.86. The third-order valence-electron chi connectivity index (χ3n) is 4.91. The predicted molar refractivity (Wildman–Crippen MR) is 122 cm³/mol. The number of benzene rings is 2.